The summed E-state index contributed by atoms with van der Waals surface area (Å²) in [5.74, 6) is -0.176. The van der Waals surface area contributed by atoms with Gasteiger partial charge in [0.2, 0.25) is 5.95 Å². The fourth-order valence-electron chi connectivity index (χ4n) is 4.47. The highest BCUT2D eigenvalue weighted by atomic mass is 19.1. The van der Waals surface area contributed by atoms with Gasteiger partial charge in [-0.05, 0) is 62.1 Å². The smallest absolute Gasteiger partial charge is 0.256 e. The first-order valence-corrected chi connectivity index (χ1v) is 12.4. The molecule has 0 saturated heterocycles. The number of anilines is 4. The van der Waals surface area contributed by atoms with Crippen molar-refractivity contribution >= 4 is 29.2 Å². The topological polar surface area (TPSA) is 124 Å². The Morgan fingerprint density at radius 2 is 1.95 bits per heavy atom. The van der Waals surface area contributed by atoms with Gasteiger partial charge in [0, 0.05) is 36.4 Å². The number of halogens is 1. The van der Waals surface area contributed by atoms with Crippen LogP contribution in [-0.2, 0) is 17.6 Å². The van der Waals surface area contributed by atoms with Crippen LogP contribution in [-0.4, -0.2) is 38.6 Å². The number of aliphatic hydroxyl groups is 1. The molecule has 1 saturated carbocycles. The lowest BCUT2D eigenvalue weighted by Crippen LogP contribution is -2.38. The second-order valence-corrected chi connectivity index (χ2v) is 10.9. The molecule has 0 radical (unpaired) electrons. The summed E-state index contributed by atoms with van der Waals surface area (Å²) in [4.78, 5) is 26.1. The average molecular weight is 506 g/mol. The van der Waals surface area contributed by atoms with Crippen LogP contribution in [0.15, 0.2) is 36.5 Å². The molecule has 1 fully saturated rings. The standard InChI is InChI=1S/C27H32FN7O2/c1-26(2)14-29-12-15-11-17(7-8-19(15)26)32-25-30-13-18(24(36)31-16-5-6-16)23(35-25)34-21-10-9-20(28)22(33-21)27(3,4)37/h7-11,13,16,29,37H,5-6,12,14H2,1-4H3,(H,31,36)(H2,30,32,33,34,35). The molecule has 0 atom stereocenters. The Kier molecular flexibility index (Phi) is 6.33. The average Bonchev–Trinajstić information content (AvgIpc) is 3.63. The summed E-state index contributed by atoms with van der Waals surface area (Å²) in [6.07, 6.45) is 3.33. The third kappa shape index (κ3) is 5.55. The van der Waals surface area contributed by atoms with Gasteiger partial charge in [0.05, 0.1) is 0 Å². The van der Waals surface area contributed by atoms with Crippen LogP contribution < -0.4 is 21.3 Å². The molecule has 194 valence electrons. The molecule has 3 aromatic rings. The van der Waals surface area contributed by atoms with Crippen LogP contribution in [0.3, 0.4) is 0 Å². The number of carbonyl (C=O) groups excluding carboxylic acids is 1. The first-order chi connectivity index (χ1) is 17.5. The number of aromatic nitrogens is 3. The fourth-order valence-corrected chi connectivity index (χ4v) is 4.47. The van der Waals surface area contributed by atoms with E-state index in [1.165, 1.54) is 43.3 Å². The highest BCUT2D eigenvalue weighted by molar-refractivity contribution is 5.99. The monoisotopic (exact) mass is 505 g/mol. The van der Waals surface area contributed by atoms with E-state index in [0.29, 0.717) is 5.95 Å². The minimum atomic E-state index is -1.48. The zero-order valence-corrected chi connectivity index (χ0v) is 21.4. The third-order valence-corrected chi connectivity index (χ3v) is 6.59. The lowest BCUT2D eigenvalue weighted by molar-refractivity contribution is 0.0696. The van der Waals surface area contributed by atoms with Crippen LogP contribution in [0.1, 0.15) is 67.7 Å². The molecule has 1 aliphatic heterocycles. The molecule has 1 amide bonds. The first kappa shape index (κ1) is 25.0. The van der Waals surface area contributed by atoms with Crippen molar-refractivity contribution in [2.45, 2.75) is 64.1 Å². The molecule has 10 heteroatoms. The van der Waals surface area contributed by atoms with Gasteiger partial charge in [-0.1, -0.05) is 19.9 Å². The van der Waals surface area contributed by atoms with Crippen LogP contribution in [0.5, 0.6) is 0 Å². The Morgan fingerprint density at radius 1 is 1.16 bits per heavy atom. The fraction of sp³-hybridized carbons (Fsp3) is 0.407. The Balaban J connectivity index is 1.46. The molecule has 37 heavy (non-hydrogen) atoms. The molecular weight excluding hydrogens is 473 g/mol. The van der Waals surface area contributed by atoms with E-state index in [1.54, 1.807) is 0 Å². The molecular formula is C27H32FN7O2. The highest BCUT2D eigenvalue weighted by Gasteiger charge is 2.28. The maximum Gasteiger partial charge on any atom is 0.256 e. The summed E-state index contributed by atoms with van der Waals surface area (Å²) in [6.45, 7) is 9.04. The van der Waals surface area contributed by atoms with Gasteiger partial charge < -0.3 is 26.4 Å². The van der Waals surface area contributed by atoms with Crippen molar-refractivity contribution in [1.82, 2.24) is 25.6 Å². The van der Waals surface area contributed by atoms with E-state index in [9.17, 15) is 14.3 Å². The van der Waals surface area contributed by atoms with E-state index in [2.05, 4.69) is 62.2 Å². The predicted octanol–water partition coefficient (Wildman–Crippen LogP) is 4.00. The van der Waals surface area contributed by atoms with Gasteiger partial charge in [-0.3, -0.25) is 4.79 Å². The Labute approximate surface area is 215 Å². The van der Waals surface area contributed by atoms with E-state index < -0.39 is 11.4 Å². The molecule has 2 aliphatic rings. The quantitative estimate of drug-likeness (QED) is 0.326. The summed E-state index contributed by atoms with van der Waals surface area (Å²) < 4.78 is 14.3. The molecule has 5 N–H and O–H groups in total. The zero-order chi connectivity index (χ0) is 26.4. The zero-order valence-electron chi connectivity index (χ0n) is 21.4. The van der Waals surface area contributed by atoms with Gasteiger partial charge >= 0.3 is 0 Å². The van der Waals surface area contributed by atoms with Crippen molar-refractivity contribution in [3.63, 3.8) is 0 Å². The maximum atomic E-state index is 14.3. The summed E-state index contributed by atoms with van der Waals surface area (Å²) in [5.41, 5.74) is 2.02. The number of amides is 1. The molecule has 0 spiro atoms. The van der Waals surface area contributed by atoms with Crippen molar-refractivity contribution in [3.05, 3.63) is 64.7 Å². The number of hydrogen-bond acceptors (Lipinski definition) is 8. The van der Waals surface area contributed by atoms with Crippen molar-refractivity contribution in [2.24, 2.45) is 0 Å². The van der Waals surface area contributed by atoms with Gasteiger partial charge in [-0.15, -0.1) is 0 Å². The van der Waals surface area contributed by atoms with Crippen molar-refractivity contribution in [2.75, 3.05) is 17.2 Å². The van der Waals surface area contributed by atoms with Crippen LogP contribution >= 0.6 is 0 Å². The number of pyridine rings is 1. The van der Waals surface area contributed by atoms with E-state index >= 15 is 0 Å². The van der Waals surface area contributed by atoms with Crippen LogP contribution in [0.2, 0.25) is 0 Å². The van der Waals surface area contributed by atoms with Gasteiger partial charge in [0.25, 0.3) is 5.91 Å². The highest BCUT2D eigenvalue weighted by Crippen LogP contribution is 2.32. The van der Waals surface area contributed by atoms with Crippen molar-refractivity contribution < 1.29 is 14.3 Å². The lowest BCUT2D eigenvalue weighted by Gasteiger charge is -2.33. The minimum Gasteiger partial charge on any atom is -0.384 e. The Hall–Kier alpha value is -3.63. The van der Waals surface area contributed by atoms with Crippen molar-refractivity contribution in [1.29, 1.82) is 0 Å². The summed E-state index contributed by atoms with van der Waals surface area (Å²) >= 11 is 0. The van der Waals surface area contributed by atoms with Crippen LogP contribution in [0.4, 0.5) is 27.7 Å². The summed E-state index contributed by atoms with van der Waals surface area (Å²) in [6, 6.07) is 8.99. The van der Waals surface area contributed by atoms with Crippen LogP contribution in [0.25, 0.3) is 0 Å². The number of nitrogens with one attached hydrogen (secondary N) is 4. The number of rotatable bonds is 7. The summed E-state index contributed by atoms with van der Waals surface area (Å²) in [5, 5.41) is 23.0. The molecule has 0 unspecified atom stereocenters. The van der Waals surface area contributed by atoms with Gasteiger partial charge in [0.1, 0.15) is 34.3 Å². The lowest BCUT2D eigenvalue weighted by atomic mass is 9.79. The second kappa shape index (κ2) is 9.35. The SMILES string of the molecule is CC(C)(O)c1nc(Nc2nc(Nc3ccc4c(c3)CNCC4(C)C)ncc2C(=O)NC2CC2)ccc1F. The number of fused-ring (bicyclic) bond motifs is 1. The third-order valence-electron chi connectivity index (χ3n) is 6.59. The molecule has 3 heterocycles. The van der Waals surface area contributed by atoms with E-state index in [4.69, 9.17) is 0 Å². The first-order valence-electron chi connectivity index (χ1n) is 12.4. The van der Waals surface area contributed by atoms with E-state index in [-0.39, 0.29) is 40.3 Å². The normalized spacial score (nSPS) is 16.6. The Morgan fingerprint density at radius 3 is 2.68 bits per heavy atom. The van der Waals surface area contributed by atoms with Gasteiger partial charge in [-0.25, -0.2) is 14.4 Å². The minimum absolute atomic E-state index is 0.0421. The Bertz CT molecular complexity index is 1350. The largest absolute Gasteiger partial charge is 0.384 e. The molecule has 0 bridgehead atoms. The predicted molar refractivity (Wildman–Crippen MR) is 140 cm³/mol. The molecule has 1 aliphatic carbocycles. The molecule has 9 nitrogen and oxygen atoms in total. The number of benzene rings is 1. The van der Waals surface area contributed by atoms with Crippen LogP contribution in [0, 0.1) is 5.82 Å². The van der Waals surface area contributed by atoms with Crippen molar-refractivity contribution in [3.8, 4) is 0 Å². The molecule has 5 rings (SSSR count). The van der Waals surface area contributed by atoms with E-state index in [1.807, 2.05) is 6.07 Å². The molecule has 1 aromatic carbocycles. The molecule has 2 aromatic heterocycles. The number of hydrogen-bond donors (Lipinski definition) is 5. The number of nitrogens with zero attached hydrogens (tertiary/aromatic N) is 3. The second-order valence-electron chi connectivity index (χ2n) is 10.9. The number of carbonyl (C=O) groups is 1. The van der Waals surface area contributed by atoms with E-state index in [0.717, 1.165) is 31.6 Å². The van der Waals surface area contributed by atoms with Gasteiger partial charge in [-0.2, -0.15) is 4.98 Å². The summed E-state index contributed by atoms with van der Waals surface area (Å²) in [7, 11) is 0. The maximum absolute atomic E-state index is 14.3. The van der Waals surface area contributed by atoms with Gasteiger partial charge in [0.15, 0.2) is 0 Å².